The smallest absolute Gasteiger partial charge is 0.160 e. The second-order valence-electron chi connectivity index (χ2n) is 5.39. The zero-order chi connectivity index (χ0) is 18.5. The van der Waals surface area contributed by atoms with Crippen LogP contribution in [0.2, 0.25) is 5.02 Å². The molecule has 1 heterocycles. The van der Waals surface area contributed by atoms with Gasteiger partial charge in [0.25, 0.3) is 0 Å². The lowest BCUT2D eigenvalue weighted by atomic mass is 10.2. The topological polar surface area (TPSA) is 99.5 Å². The summed E-state index contributed by atoms with van der Waals surface area (Å²) in [6.07, 6.45) is 1.41. The largest absolute Gasteiger partial charge is 0.504 e. The Morgan fingerprint density at radius 3 is 2.27 bits per heavy atom. The molecule has 4 N–H and O–H groups in total. The highest BCUT2D eigenvalue weighted by atomic mass is 35.5. The summed E-state index contributed by atoms with van der Waals surface area (Å²) in [6, 6.07) is 11.9. The Balaban J connectivity index is 1.77. The standard InChI is InChI=1S/C18H17ClN4O3/c1-26-16-5-3-13(7-15(16)25)23-18-8-17(20-10-21-18)22-12-2-4-14(19)11(6-12)9-24/h2-8,10,24-25H,9H2,1H3,(H2,20,21,22,23). The normalized spacial score (nSPS) is 10.4. The van der Waals surface area contributed by atoms with Gasteiger partial charge >= 0.3 is 0 Å². The monoisotopic (exact) mass is 372 g/mol. The second-order valence-corrected chi connectivity index (χ2v) is 5.80. The SMILES string of the molecule is COc1ccc(Nc2cc(Nc3ccc(Cl)c(CO)c3)ncn2)cc1O. The Labute approximate surface area is 155 Å². The maximum absolute atomic E-state index is 9.85. The van der Waals surface area contributed by atoms with Gasteiger partial charge in [0, 0.05) is 28.5 Å². The number of phenolic OH excluding ortho intramolecular Hbond substituents is 1. The van der Waals surface area contributed by atoms with Crippen molar-refractivity contribution >= 4 is 34.6 Å². The van der Waals surface area contributed by atoms with Crippen molar-refractivity contribution < 1.29 is 14.9 Å². The van der Waals surface area contributed by atoms with E-state index in [4.69, 9.17) is 16.3 Å². The highest BCUT2D eigenvalue weighted by molar-refractivity contribution is 6.31. The first kappa shape index (κ1) is 17.8. The molecule has 2 aromatic carbocycles. The van der Waals surface area contributed by atoms with Crippen LogP contribution in [0, 0.1) is 0 Å². The van der Waals surface area contributed by atoms with Gasteiger partial charge in [-0.1, -0.05) is 11.6 Å². The van der Waals surface area contributed by atoms with Crippen molar-refractivity contribution in [1.82, 2.24) is 9.97 Å². The fourth-order valence-corrected chi connectivity index (χ4v) is 2.51. The molecule has 0 spiro atoms. The van der Waals surface area contributed by atoms with Crippen molar-refractivity contribution in [3.05, 3.63) is 59.4 Å². The van der Waals surface area contributed by atoms with Crippen LogP contribution < -0.4 is 15.4 Å². The number of phenols is 1. The summed E-state index contributed by atoms with van der Waals surface area (Å²) in [6.45, 7) is -0.147. The molecule has 0 saturated heterocycles. The zero-order valence-corrected chi connectivity index (χ0v) is 14.7. The van der Waals surface area contributed by atoms with Crippen LogP contribution in [0.15, 0.2) is 48.8 Å². The fraction of sp³-hybridized carbons (Fsp3) is 0.111. The number of aromatic nitrogens is 2. The van der Waals surface area contributed by atoms with Gasteiger partial charge in [-0.15, -0.1) is 0 Å². The lowest BCUT2D eigenvalue weighted by Gasteiger charge is -2.11. The average Bonchev–Trinajstić information content (AvgIpc) is 2.64. The summed E-state index contributed by atoms with van der Waals surface area (Å²) >= 11 is 6.00. The molecule has 3 aromatic rings. The van der Waals surface area contributed by atoms with Crippen LogP contribution in [0.25, 0.3) is 0 Å². The number of nitrogens with one attached hydrogen (secondary N) is 2. The first-order valence-electron chi connectivity index (χ1n) is 7.71. The highest BCUT2D eigenvalue weighted by Gasteiger charge is 2.06. The first-order valence-corrected chi connectivity index (χ1v) is 8.09. The van der Waals surface area contributed by atoms with E-state index in [1.54, 1.807) is 42.5 Å². The van der Waals surface area contributed by atoms with Crippen molar-refractivity contribution in [2.45, 2.75) is 6.61 Å². The summed E-state index contributed by atoms with van der Waals surface area (Å²) in [4.78, 5) is 8.33. The molecular formula is C18H17ClN4O3. The maximum atomic E-state index is 9.85. The molecule has 0 radical (unpaired) electrons. The summed E-state index contributed by atoms with van der Waals surface area (Å²) < 4.78 is 5.02. The minimum Gasteiger partial charge on any atom is -0.504 e. The van der Waals surface area contributed by atoms with Crippen LogP contribution >= 0.6 is 11.6 Å². The fourth-order valence-electron chi connectivity index (χ4n) is 2.33. The number of anilines is 4. The van der Waals surface area contributed by atoms with E-state index >= 15 is 0 Å². The lowest BCUT2D eigenvalue weighted by Crippen LogP contribution is -1.99. The van der Waals surface area contributed by atoms with E-state index < -0.39 is 0 Å². The molecule has 134 valence electrons. The minimum atomic E-state index is -0.147. The molecule has 0 bridgehead atoms. The summed E-state index contributed by atoms with van der Waals surface area (Å²) in [5.74, 6) is 1.53. The zero-order valence-electron chi connectivity index (χ0n) is 13.9. The molecule has 0 amide bonds. The molecule has 26 heavy (non-hydrogen) atoms. The van der Waals surface area contributed by atoms with Crippen molar-refractivity contribution in [2.75, 3.05) is 17.7 Å². The number of hydrogen-bond donors (Lipinski definition) is 4. The van der Waals surface area contributed by atoms with E-state index in [0.717, 1.165) is 5.69 Å². The first-order chi connectivity index (χ1) is 12.6. The molecule has 0 aliphatic heterocycles. The Kier molecular flexibility index (Phi) is 5.40. The number of aliphatic hydroxyl groups is 1. The van der Waals surface area contributed by atoms with Crippen LogP contribution in [-0.4, -0.2) is 27.3 Å². The third kappa shape index (κ3) is 4.14. The van der Waals surface area contributed by atoms with E-state index in [-0.39, 0.29) is 12.4 Å². The number of rotatable bonds is 6. The quantitative estimate of drug-likeness (QED) is 0.522. The predicted octanol–water partition coefficient (Wildman–Crippen LogP) is 3.82. The number of nitrogens with zero attached hydrogens (tertiary/aromatic N) is 2. The van der Waals surface area contributed by atoms with Gasteiger partial charge in [0.1, 0.15) is 18.0 Å². The Bertz CT molecular complexity index is 921. The van der Waals surface area contributed by atoms with Crippen LogP contribution in [0.5, 0.6) is 11.5 Å². The van der Waals surface area contributed by atoms with Gasteiger partial charge in [-0.05, 0) is 35.9 Å². The molecule has 0 atom stereocenters. The Morgan fingerprint density at radius 1 is 1.00 bits per heavy atom. The van der Waals surface area contributed by atoms with Crippen molar-refractivity contribution in [1.29, 1.82) is 0 Å². The van der Waals surface area contributed by atoms with Gasteiger partial charge < -0.3 is 25.6 Å². The molecule has 3 rings (SSSR count). The maximum Gasteiger partial charge on any atom is 0.160 e. The van der Waals surface area contributed by atoms with Gasteiger partial charge in [-0.25, -0.2) is 9.97 Å². The van der Waals surface area contributed by atoms with Crippen LogP contribution in [0.3, 0.4) is 0 Å². The number of aromatic hydroxyl groups is 1. The molecule has 0 unspecified atom stereocenters. The van der Waals surface area contributed by atoms with Gasteiger partial charge in [0.05, 0.1) is 13.7 Å². The van der Waals surface area contributed by atoms with Crippen LogP contribution in [-0.2, 0) is 6.61 Å². The van der Waals surface area contributed by atoms with Gasteiger partial charge in [-0.3, -0.25) is 0 Å². The van der Waals surface area contributed by atoms with E-state index in [9.17, 15) is 10.2 Å². The molecule has 0 saturated carbocycles. The molecule has 0 fully saturated rings. The third-order valence-corrected chi connectivity index (χ3v) is 3.98. The minimum absolute atomic E-state index is 0.0302. The van der Waals surface area contributed by atoms with Crippen LogP contribution in [0.4, 0.5) is 23.0 Å². The average molecular weight is 373 g/mol. The number of ether oxygens (including phenoxy) is 1. The summed E-state index contributed by atoms with van der Waals surface area (Å²) in [7, 11) is 1.49. The van der Waals surface area contributed by atoms with E-state index in [1.165, 1.54) is 13.4 Å². The van der Waals surface area contributed by atoms with E-state index in [0.29, 0.717) is 33.7 Å². The van der Waals surface area contributed by atoms with Gasteiger partial charge in [-0.2, -0.15) is 0 Å². The molecular weight excluding hydrogens is 356 g/mol. The number of hydrogen-bond acceptors (Lipinski definition) is 7. The third-order valence-electron chi connectivity index (χ3n) is 3.61. The highest BCUT2D eigenvalue weighted by Crippen LogP contribution is 2.30. The Hall–Kier alpha value is -3.03. The van der Waals surface area contributed by atoms with Crippen molar-refractivity contribution in [2.24, 2.45) is 0 Å². The number of halogens is 1. The number of methoxy groups -OCH3 is 1. The second kappa shape index (κ2) is 7.90. The van der Waals surface area contributed by atoms with Crippen molar-refractivity contribution in [3.63, 3.8) is 0 Å². The van der Waals surface area contributed by atoms with E-state index in [2.05, 4.69) is 20.6 Å². The molecule has 0 aliphatic carbocycles. The Morgan fingerprint density at radius 2 is 1.65 bits per heavy atom. The molecule has 8 heteroatoms. The van der Waals surface area contributed by atoms with Gasteiger partial charge in [0.2, 0.25) is 0 Å². The summed E-state index contributed by atoms with van der Waals surface area (Å²) in [5, 5.41) is 25.9. The lowest BCUT2D eigenvalue weighted by molar-refractivity contribution is 0.282. The van der Waals surface area contributed by atoms with Crippen molar-refractivity contribution in [3.8, 4) is 11.5 Å². The number of aliphatic hydroxyl groups excluding tert-OH is 1. The van der Waals surface area contributed by atoms with Gasteiger partial charge in [0.15, 0.2) is 11.5 Å². The number of benzene rings is 2. The predicted molar refractivity (Wildman–Crippen MR) is 101 cm³/mol. The molecule has 1 aromatic heterocycles. The van der Waals surface area contributed by atoms with E-state index in [1.807, 2.05) is 0 Å². The molecule has 0 aliphatic rings. The van der Waals surface area contributed by atoms with Crippen LogP contribution in [0.1, 0.15) is 5.56 Å². The summed E-state index contributed by atoms with van der Waals surface area (Å²) in [5.41, 5.74) is 2.02. The molecule has 7 nitrogen and oxygen atoms in total.